The standard InChI is InChI=1S/C73H128O16P2/c1-4-7-10-13-16-19-22-24-26-27-28-29-30-31-32-33-34-35-36-37-38-39-41-43-45-47-50-53-56-59-71(76)83-62-68(74)63-85-90(79,80)86-64-69(75)65-87-91(81,82)88-67-70(89-73(78)61-58-55-52-49-44-21-18-15-12-9-6-3)66-84-72(77)60-57-54-51-48-46-42-40-25-23-20-17-14-11-8-5-2/h8,11,15-20,24-26,28-29,31-32,40,68-70,74-75H,4-7,9-10,12-14,21-23,27,30,33-39,41-67H2,1-3H3,(H,79,80)(H,81,82)/b11-8-,18-15-,19-16-,20-17-,26-24-,29-28-,32-31-,40-25-. The summed E-state index contributed by atoms with van der Waals surface area (Å²) >= 11 is 0. The summed E-state index contributed by atoms with van der Waals surface area (Å²) in [5, 5.41) is 20.5. The van der Waals surface area contributed by atoms with E-state index >= 15 is 0 Å². The summed E-state index contributed by atoms with van der Waals surface area (Å²) in [6.07, 6.45) is 73.4. The van der Waals surface area contributed by atoms with E-state index in [1.165, 1.54) is 96.3 Å². The molecule has 18 heteroatoms. The Kier molecular flexibility index (Phi) is 63.9. The lowest BCUT2D eigenvalue weighted by Crippen LogP contribution is -2.30. The van der Waals surface area contributed by atoms with Gasteiger partial charge in [0.25, 0.3) is 0 Å². The van der Waals surface area contributed by atoms with Gasteiger partial charge >= 0.3 is 33.6 Å². The number of carbonyl (C=O) groups excluding carboxylic acids is 3. The van der Waals surface area contributed by atoms with Crippen molar-refractivity contribution in [2.45, 2.75) is 309 Å². The second-order valence-corrected chi connectivity index (χ2v) is 26.6. The van der Waals surface area contributed by atoms with Gasteiger partial charge in [0.05, 0.1) is 26.4 Å². The number of esters is 3. The number of rotatable bonds is 67. The maximum atomic E-state index is 12.8. The minimum absolute atomic E-state index is 0.0900. The van der Waals surface area contributed by atoms with Gasteiger partial charge in [0, 0.05) is 19.3 Å². The highest BCUT2D eigenvalue weighted by Crippen LogP contribution is 2.45. The molecule has 0 aliphatic rings. The maximum Gasteiger partial charge on any atom is 0.472 e. The van der Waals surface area contributed by atoms with Crippen molar-refractivity contribution in [1.82, 2.24) is 0 Å². The number of phosphoric ester groups is 2. The average Bonchev–Trinajstić information content (AvgIpc) is 3.69. The lowest BCUT2D eigenvalue weighted by atomic mass is 10.0. The van der Waals surface area contributed by atoms with Gasteiger partial charge in [-0.25, -0.2) is 9.13 Å². The number of ether oxygens (including phenoxy) is 3. The Morgan fingerprint density at radius 1 is 0.319 bits per heavy atom. The first-order valence-electron chi connectivity index (χ1n) is 35.5. The van der Waals surface area contributed by atoms with Gasteiger partial charge in [-0.05, 0) is 116 Å². The largest absolute Gasteiger partial charge is 0.472 e. The number of hydrogen-bond donors (Lipinski definition) is 4. The van der Waals surface area contributed by atoms with Crippen LogP contribution in [0.1, 0.15) is 290 Å². The van der Waals surface area contributed by atoms with Crippen molar-refractivity contribution in [3.63, 3.8) is 0 Å². The zero-order chi connectivity index (χ0) is 66.7. The number of hydrogen-bond acceptors (Lipinski definition) is 14. The van der Waals surface area contributed by atoms with Crippen molar-refractivity contribution >= 4 is 33.6 Å². The van der Waals surface area contributed by atoms with E-state index < -0.39 is 91.5 Å². The Bertz CT molecular complexity index is 2050. The molecule has 5 unspecified atom stereocenters. The highest BCUT2D eigenvalue weighted by atomic mass is 31.2. The van der Waals surface area contributed by atoms with E-state index in [1.54, 1.807) is 0 Å². The average molecular weight is 1320 g/mol. The van der Waals surface area contributed by atoms with Crippen molar-refractivity contribution in [2.75, 3.05) is 39.6 Å². The molecule has 0 fully saturated rings. The zero-order valence-electron chi connectivity index (χ0n) is 57.0. The summed E-state index contributed by atoms with van der Waals surface area (Å²) < 4.78 is 60.8. The molecule has 5 atom stereocenters. The smallest absolute Gasteiger partial charge is 0.463 e. The van der Waals surface area contributed by atoms with Crippen LogP contribution in [0.25, 0.3) is 0 Å². The quantitative estimate of drug-likeness (QED) is 0.0146. The van der Waals surface area contributed by atoms with Crippen molar-refractivity contribution in [2.24, 2.45) is 0 Å². The van der Waals surface area contributed by atoms with Crippen LogP contribution in [0.4, 0.5) is 0 Å². The first-order chi connectivity index (χ1) is 44.2. The summed E-state index contributed by atoms with van der Waals surface area (Å²) in [5.74, 6) is -1.60. The Labute approximate surface area is 552 Å². The Hall–Kier alpha value is -3.53. The number of phosphoric acid groups is 2. The molecule has 0 radical (unpaired) electrons. The summed E-state index contributed by atoms with van der Waals surface area (Å²) in [5.41, 5.74) is 0. The van der Waals surface area contributed by atoms with E-state index in [-0.39, 0.29) is 19.3 Å². The van der Waals surface area contributed by atoms with Crippen molar-refractivity contribution in [3.8, 4) is 0 Å². The molecule has 0 aliphatic heterocycles. The molecule has 0 bridgehead atoms. The molecule has 526 valence electrons. The van der Waals surface area contributed by atoms with Gasteiger partial charge in [0.1, 0.15) is 25.4 Å². The Balaban J connectivity index is 4.41. The highest BCUT2D eigenvalue weighted by Gasteiger charge is 2.29. The van der Waals surface area contributed by atoms with Crippen LogP contribution in [0.3, 0.4) is 0 Å². The summed E-state index contributed by atoms with van der Waals surface area (Å²) in [7, 11) is -9.77. The lowest BCUT2D eigenvalue weighted by molar-refractivity contribution is -0.161. The van der Waals surface area contributed by atoms with Gasteiger partial charge in [-0.3, -0.25) is 32.5 Å². The van der Waals surface area contributed by atoms with E-state index in [0.29, 0.717) is 19.3 Å². The monoisotopic (exact) mass is 1320 g/mol. The van der Waals surface area contributed by atoms with Gasteiger partial charge in [-0.1, -0.05) is 253 Å². The predicted octanol–water partition coefficient (Wildman–Crippen LogP) is 19.9. The SMILES string of the molecule is CC/C=C\C/C=C\C/C=C\CCCCCCCC(=O)OCC(COP(=O)(O)OCC(O)COP(=O)(O)OCC(O)COC(=O)CCCCCCCCCCCCCCC/C=C\C/C=C\C/C=C\C/C=C\CCCCC)OC(=O)CCCCCCC/C=C\CCCC. The first-order valence-corrected chi connectivity index (χ1v) is 38.5. The third-order valence-corrected chi connectivity index (χ3v) is 16.7. The van der Waals surface area contributed by atoms with Crippen LogP contribution in [0, 0.1) is 0 Å². The Morgan fingerprint density at radius 3 is 0.967 bits per heavy atom. The van der Waals surface area contributed by atoms with Crippen molar-refractivity contribution < 1.29 is 75.8 Å². The van der Waals surface area contributed by atoms with E-state index in [0.717, 1.165) is 135 Å². The normalized spacial score (nSPS) is 14.8. The molecule has 16 nitrogen and oxygen atoms in total. The number of unbranched alkanes of at least 4 members (excludes halogenated alkanes) is 28. The van der Waals surface area contributed by atoms with Gasteiger partial charge in [-0.15, -0.1) is 0 Å². The van der Waals surface area contributed by atoms with E-state index in [4.69, 9.17) is 32.3 Å². The maximum absolute atomic E-state index is 12.8. The minimum Gasteiger partial charge on any atom is -0.463 e. The lowest BCUT2D eigenvalue weighted by Gasteiger charge is -2.21. The third kappa shape index (κ3) is 67.7. The van der Waals surface area contributed by atoms with Crippen LogP contribution in [0.15, 0.2) is 97.2 Å². The van der Waals surface area contributed by atoms with Crippen LogP contribution < -0.4 is 0 Å². The molecule has 0 saturated heterocycles. The molecule has 0 heterocycles. The zero-order valence-corrected chi connectivity index (χ0v) is 58.8. The predicted molar refractivity (Wildman–Crippen MR) is 371 cm³/mol. The minimum atomic E-state index is -4.92. The number of allylic oxidation sites excluding steroid dienone is 16. The van der Waals surface area contributed by atoms with Crippen LogP contribution in [-0.2, 0) is 55.8 Å². The molecule has 0 amide bonds. The molecule has 0 aromatic carbocycles. The van der Waals surface area contributed by atoms with E-state index in [9.17, 15) is 43.5 Å². The van der Waals surface area contributed by atoms with Crippen LogP contribution >= 0.6 is 15.6 Å². The fourth-order valence-corrected chi connectivity index (χ4v) is 10.9. The Morgan fingerprint density at radius 2 is 0.593 bits per heavy atom. The fourth-order valence-electron chi connectivity index (χ4n) is 9.31. The van der Waals surface area contributed by atoms with Gasteiger partial charge in [0.2, 0.25) is 0 Å². The van der Waals surface area contributed by atoms with Gasteiger partial charge < -0.3 is 34.2 Å². The third-order valence-electron chi connectivity index (χ3n) is 14.8. The number of aliphatic hydroxyl groups is 2. The van der Waals surface area contributed by atoms with E-state index in [2.05, 4.69) is 118 Å². The molecule has 0 aromatic rings. The second-order valence-electron chi connectivity index (χ2n) is 23.6. The second kappa shape index (κ2) is 66.5. The topological polar surface area (TPSA) is 231 Å². The van der Waals surface area contributed by atoms with Crippen LogP contribution in [0.5, 0.6) is 0 Å². The van der Waals surface area contributed by atoms with Crippen molar-refractivity contribution in [1.29, 1.82) is 0 Å². The van der Waals surface area contributed by atoms with Crippen molar-refractivity contribution in [3.05, 3.63) is 97.2 Å². The molecule has 0 aromatic heterocycles. The van der Waals surface area contributed by atoms with E-state index in [1.807, 2.05) is 0 Å². The number of carbonyl (C=O) groups is 3. The van der Waals surface area contributed by atoms with Crippen LogP contribution in [0.2, 0.25) is 0 Å². The van der Waals surface area contributed by atoms with Crippen LogP contribution in [-0.4, -0.2) is 95.9 Å². The molecule has 91 heavy (non-hydrogen) atoms. The molecule has 0 aliphatic carbocycles. The van der Waals surface area contributed by atoms with Gasteiger partial charge in [-0.2, -0.15) is 0 Å². The summed E-state index contributed by atoms with van der Waals surface area (Å²) in [6.45, 7) is 2.46. The molecule has 0 rings (SSSR count). The molecule has 0 spiro atoms. The highest BCUT2D eigenvalue weighted by molar-refractivity contribution is 7.47. The first kappa shape index (κ1) is 87.5. The summed E-state index contributed by atoms with van der Waals surface area (Å²) in [6, 6.07) is 0. The van der Waals surface area contributed by atoms with Gasteiger partial charge in [0.15, 0.2) is 6.10 Å². The molecular weight excluding hydrogens is 1190 g/mol. The molecule has 4 N–H and O–H groups in total. The fraction of sp³-hybridized carbons (Fsp3) is 0.740. The molecular formula is C73H128O16P2. The number of aliphatic hydroxyl groups excluding tert-OH is 2. The molecule has 0 saturated carbocycles. The summed E-state index contributed by atoms with van der Waals surface area (Å²) in [4.78, 5) is 58.3.